The molecule has 0 unspecified atom stereocenters. The molecule has 0 saturated heterocycles. The van der Waals surface area contributed by atoms with Gasteiger partial charge in [-0.1, -0.05) is 13.0 Å². The minimum absolute atomic E-state index is 0.0770. The molecule has 114 valence electrons. The molecule has 0 aliphatic heterocycles. The van der Waals surface area contributed by atoms with E-state index in [-0.39, 0.29) is 5.54 Å². The van der Waals surface area contributed by atoms with Gasteiger partial charge in [-0.2, -0.15) is 0 Å². The number of halogens is 2. The standard InChI is InChI=1S/C16H21Br2N3/c1-5-6-13-20-14(15(19)21(13)16(2,3)4)10-7-8-11(17)12(18)9-10/h7-9H,5-6,19H2,1-4H3. The van der Waals surface area contributed by atoms with Crippen LogP contribution in [-0.2, 0) is 12.0 Å². The summed E-state index contributed by atoms with van der Waals surface area (Å²) in [4.78, 5) is 4.81. The van der Waals surface area contributed by atoms with Gasteiger partial charge in [0.2, 0.25) is 0 Å². The SMILES string of the molecule is CCCc1nc(-c2ccc(Br)c(Br)c2)c(N)n1C(C)(C)C. The van der Waals surface area contributed by atoms with Crippen molar-refractivity contribution in [2.45, 2.75) is 46.1 Å². The third-order valence-corrected chi connectivity index (χ3v) is 5.20. The first-order valence-electron chi connectivity index (χ1n) is 7.08. The molecule has 2 rings (SSSR count). The third-order valence-electron chi connectivity index (χ3n) is 3.32. The van der Waals surface area contributed by atoms with Crippen LogP contribution in [0.3, 0.4) is 0 Å². The number of hydrogen-bond donors (Lipinski definition) is 1. The molecular weight excluding hydrogens is 394 g/mol. The number of hydrogen-bond acceptors (Lipinski definition) is 2. The summed E-state index contributed by atoms with van der Waals surface area (Å²) in [5, 5.41) is 0. The molecule has 1 aromatic carbocycles. The van der Waals surface area contributed by atoms with Gasteiger partial charge in [-0.3, -0.25) is 0 Å². The lowest BCUT2D eigenvalue weighted by Gasteiger charge is -2.25. The smallest absolute Gasteiger partial charge is 0.132 e. The Morgan fingerprint density at radius 1 is 1.19 bits per heavy atom. The van der Waals surface area contributed by atoms with E-state index < -0.39 is 0 Å². The molecule has 0 aliphatic rings. The lowest BCUT2D eigenvalue weighted by molar-refractivity contribution is 0.387. The van der Waals surface area contributed by atoms with E-state index in [4.69, 9.17) is 10.7 Å². The van der Waals surface area contributed by atoms with Gasteiger partial charge in [-0.25, -0.2) is 4.98 Å². The first-order chi connectivity index (χ1) is 9.75. The summed E-state index contributed by atoms with van der Waals surface area (Å²) in [6.45, 7) is 8.64. The van der Waals surface area contributed by atoms with Crippen LogP contribution in [-0.4, -0.2) is 9.55 Å². The second-order valence-electron chi connectivity index (χ2n) is 6.15. The molecule has 5 heteroatoms. The largest absolute Gasteiger partial charge is 0.383 e. The summed E-state index contributed by atoms with van der Waals surface area (Å²) < 4.78 is 4.18. The summed E-state index contributed by atoms with van der Waals surface area (Å²) in [5.74, 6) is 1.79. The fourth-order valence-electron chi connectivity index (χ4n) is 2.48. The molecule has 2 aromatic rings. The zero-order valence-corrected chi connectivity index (χ0v) is 16.0. The van der Waals surface area contributed by atoms with E-state index in [9.17, 15) is 0 Å². The van der Waals surface area contributed by atoms with Crippen LogP contribution >= 0.6 is 31.9 Å². The third kappa shape index (κ3) is 3.34. The Labute approximate surface area is 143 Å². The number of imidazole rings is 1. The van der Waals surface area contributed by atoms with Gasteiger partial charge < -0.3 is 10.3 Å². The van der Waals surface area contributed by atoms with E-state index in [0.29, 0.717) is 0 Å². The van der Waals surface area contributed by atoms with Gasteiger partial charge in [-0.05, 0) is 71.2 Å². The monoisotopic (exact) mass is 413 g/mol. The molecule has 0 fully saturated rings. The van der Waals surface area contributed by atoms with Crippen molar-refractivity contribution in [2.75, 3.05) is 5.73 Å². The van der Waals surface area contributed by atoms with Crippen LogP contribution in [0.4, 0.5) is 5.82 Å². The summed E-state index contributed by atoms with van der Waals surface area (Å²) in [7, 11) is 0. The molecular formula is C16H21Br2N3. The number of benzene rings is 1. The lowest BCUT2D eigenvalue weighted by Crippen LogP contribution is -2.25. The van der Waals surface area contributed by atoms with Gasteiger partial charge in [0.05, 0.1) is 0 Å². The van der Waals surface area contributed by atoms with Crippen molar-refractivity contribution in [2.24, 2.45) is 0 Å². The zero-order valence-electron chi connectivity index (χ0n) is 12.9. The number of nitrogens with two attached hydrogens (primary N) is 1. The van der Waals surface area contributed by atoms with Crippen molar-refractivity contribution in [1.82, 2.24) is 9.55 Å². The van der Waals surface area contributed by atoms with Crippen LogP contribution < -0.4 is 5.73 Å². The number of nitrogens with zero attached hydrogens (tertiary/aromatic N) is 2. The Hall–Kier alpha value is -0.810. The van der Waals surface area contributed by atoms with E-state index in [0.717, 1.165) is 44.7 Å². The first kappa shape index (κ1) is 16.6. The molecule has 1 heterocycles. The van der Waals surface area contributed by atoms with Crippen molar-refractivity contribution in [3.05, 3.63) is 33.0 Å². The Morgan fingerprint density at radius 3 is 2.38 bits per heavy atom. The van der Waals surface area contributed by atoms with Gasteiger partial charge in [0.25, 0.3) is 0 Å². The fourth-order valence-corrected chi connectivity index (χ4v) is 3.10. The van der Waals surface area contributed by atoms with E-state index in [1.54, 1.807) is 0 Å². The molecule has 21 heavy (non-hydrogen) atoms. The highest BCUT2D eigenvalue weighted by molar-refractivity contribution is 9.13. The number of aromatic nitrogens is 2. The van der Waals surface area contributed by atoms with Crippen LogP contribution in [0.5, 0.6) is 0 Å². The molecule has 0 radical (unpaired) electrons. The van der Waals surface area contributed by atoms with Crippen LogP contribution in [0.15, 0.2) is 27.1 Å². The first-order valence-corrected chi connectivity index (χ1v) is 8.67. The minimum Gasteiger partial charge on any atom is -0.383 e. The molecule has 0 saturated carbocycles. The second kappa shape index (κ2) is 6.13. The molecule has 0 amide bonds. The minimum atomic E-state index is -0.0770. The Kier molecular flexibility index (Phi) is 4.83. The normalized spacial score (nSPS) is 11.9. The molecule has 0 atom stereocenters. The van der Waals surface area contributed by atoms with E-state index in [1.165, 1.54) is 0 Å². The topological polar surface area (TPSA) is 43.8 Å². The van der Waals surface area contributed by atoms with Gasteiger partial charge in [-0.15, -0.1) is 0 Å². The highest BCUT2D eigenvalue weighted by atomic mass is 79.9. The van der Waals surface area contributed by atoms with Crippen molar-refractivity contribution >= 4 is 37.7 Å². The molecule has 0 bridgehead atoms. The van der Waals surface area contributed by atoms with Crippen LogP contribution in [0, 0.1) is 0 Å². The predicted octanol–water partition coefficient (Wildman–Crippen LogP) is 5.36. The Balaban J connectivity index is 2.62. The Bertz CT molecular complexity index is 654. The molecule has 2 N–H and O–H groups in total. The van der Waals surface area contributed by atoms with E-state index in [2.05, 4.69) is 64.1 Å². The Morgan fingerprint density at radius 2 is 1.86 bits per heavy atom. The van der Waals surface area contributed by atoms with Crippen molar-refractivity contribution in [3.63, 3.8) is 0 Å². The number of anilines is 1. The van der Waals surface area contributed by atoms with Crippen LogP contribution in [0.2, 0.25) is 0 Å². The van der Waals surface area contributed by atoms with Crippen molar-refractivity contribution in [1.29, 1.82) is 0 Å². The number of nitrogen functional groups attached to an aromatic ring is 1. The fraction of sp³-hybridized carbons (Fsp3) is 0.438. The lowest BCUT2D eigenvalue weighted by atomic mass is 10.1. The summed E-state index contributed by atoms with van der Waals surface area (Å²) >= 11 is 7.03. The molecule has 0 aliphatic carbocycles. The molecule has 0 spiro atoms. The van der Waals surface area contributed by atoms with Crippen LogP contribution in [0.25, 0.3) is 11.3 Å². The second-order valence-corrected chi connectivity index (χ2v) is 7.86. The van der Waals surface area contributed by atoms with Gasteiger partial charge in [0.1, 0.15) is 17.3 Å². The van der Waals surface area contributed by atoms with Crippen molar-refractivity contribution < 1.29 is 0 Å². The highest BCUT2D eigenvalue weighted by Gasteiger charge is 2.24. The van der Waals surface area contributed by atoms with Gasteiger partial charge in [0, 0.05) is 26.5 Å². The van der Waals surface area contributed by atoms with Crippen molar-refractivity contribution in [3.8, 4) is 11.3 Å². The highest BCUT2D eigenvalue weighted by Crippen LogP contribution is 2.34. The zero-order chi connectivity index (χ0) is 15.8. The van der Waals surface area contributed by atoms with Gasteiger partial charge in [0.15, 0.2) is 0 Å². The maximum Gasteiger partial charge on any atom is 0.132 e. The summed E-state index contributed by atoms with van der Waals surface area (Å²) in [6.07, 6.45) is 1.98. The summed E-state index contributed by atoms with van der Waals surface area (Å²) in [6, 6.07) is 6.09. The quantitative estimate of drug-likeness (QED) is 0.733. The number of aryl methyl sites for hydroxylation is 1. The average Bonchev–Trinajstić information content (AvgIpc) is 2.70. The maximum absolute atomic E-state index is 6.41. The molecule has 3 nitrogen and oxygen atoms in total. The van der Waals surface area contributed by atoms with Crippen LogP contribution in [0.1, 0.15) is 39.9 Å². The van der Waals surface area contributed by atoms with E-state index in [1.807, 2.05) is 18.2 Å². The summed E-state index contributed by atoms with van der Waals surface area (Å²) in [5.41, 5.74) is 8.23. The van der Waals surface area contributed by atoms with E-state index >= 15 is 0 Å². The molecule has 1 aromatic heterocycles. The average molecular weight is 415 g/mol. The van der Waals surface area contributed by atoms with Gasteiger partial charge >= 0.3 is 0 Å². The number of rotatable bonds is 3. The maximum atomic E-state index is 6.41. The predicted molar refractivity (Wildman–Crippen MR) is 96.5 cm³/mol.